The van der Waals surface area contributed by atoms with Crippen molar-refractivity contribution in [3.63, 3.8) is 0 Å². The summed E-state index contributed by atoms with van der Waals surface area (Å²) in [6.07, 6.45) is 12.8. The Morgan fingerprint density at radius 3 is 2.67 bits per heavy atom. The van der Waals surface area contributed by atoms with Crippen molar-refractivity contribution in [1.29, 1.82) is 0 Å². The smallest absolute Gasteiger partial charge is 0.327 e. The molecule has 0 aromatic heterocycles. The summed E-state index contributed by atoms with van der Waals surface area (Å²) in [5.41, 5.74) is 0.798. The van der Waals surface area contributed by atoms with Crippen molar-refractivity contribution < 1.29 is 19.4 Å². The third-order valence-electron chi connectivity index (χ3n) is 6.22. The molecule has 0 saturated heterocycles. The molecule has 2 aliphatic carbocycles. The van der Waals surface area contributed by atoms with Crippen molar-refractivity contribution in [2.24, 2.45) is 29.1 Å². The van der Waals surface area contributed by atoms with Gasteiger partial charge in [-0.15, -0.1) is 0 Å². The predicted octanol–water partition coefficient (Wildman–Crippen LogP) is 5.16. The Morgan fingerprint density at radius 2 is 2.04 bits per heavy atom. The third-order valence-corrected chi connectivity index (χ3v) is 6.22. The maximum Gasteiger partial charge on any atom is 0.327 e. The topological polar surface area (TPSA) is 63.6 Å². The van der Waals surface area contributed by atoms with Gasteiger partial charge in [-0.25, -0.2) is 4.79 Å². The summed E-state index contributed by atoms with van der Waals surface area (Å²) >= 11 is 0. The molecule has 1 N–H and O–H groups in total. The number of carbonyl (C=O) groups is 2. The lowest BCUT2D eigenvalue weighted by Crippen LogP contribution is -2.42. The van der Waals surface area contributed by atoms with Crippen LogP contribution in [0, 0.1) is 29.1 Å². The minimum Gasteiger partial charge on any atom is -0.478 e. The number of rotatable bonds is 7. The van der Waals surface area contributed by atoms with Crippen molar-refractivity contribution in [3.8, 4) is 0 Å². The maximum atomic E-state index is 12.7. The molecular formula is C23H34O4. The predicted molar refractivity (Wildman–Crippen MR) is 107 cm³/mol. The summed E-state index contributed by atoms with van der Waals surface area (Å²) in [5.74, 6) is 0.261. The lowest BCUT2D eigenvalue weighted by atomic mass is 9.65. The van der Waals surface area contributed by atoms with Crippen molar-refractivity contribution in [3.05, 3.63) is 36.0 Å². The SMILES string of the molecule is CCC(C)(C)C(=O)O[C@H]1C[C@@H](C)C=C2C=C[C@H](C)[C@H](CC/C=C/C(=O)O)[C@H]21. The van der Waals surface area contributed by atoms with Crippen LogP contribution >= 0.6 is 0 Å². The van der Waals surface area contributed by atoms with Crippen molar-refractivity contribution in [2.45, 2.75) is 66.4 Å². The fourth-order valence-corrected chi connectivity index (χ4v) is 4.14. The first-order valence-electron chi connectivity index (χ1n) is 10.2. The summed E-state index contributed by atoms with van der Waals surface area (Å²) in [7, 11) is 0. The second kappa shape index (κ2) is 8.90. The normalized spacial score (nSPS) is 30.7. The Bertz CT molecular complexity index is 641. The van der Waals surface area contributed by atoms with E-state index in [2.05, 4.69) is 32.1 Å². The van der Waals surface area contributed by atoms with Crippen LogP contribution in [0.5, 0.6) is 0 Å². The van der Waals surface area contributed by atoms with E-state index in [1.807, 2.05) is 20.8 Å². The second-order valence-electron chi connectivity index (χ2n) is 8.79. The minimum absolute atomic E-state index is 0.112. The van der Waals surface area contributed by atoms with Gasteiger partial charge in [0.1, 0.15) is 6.10 Å². The van der Waals surface area contributed by atoms with Gasteiger partial charge in [-0.1, -0.05) is 45.1 Å². The third kappa shape index (κ3) is 5.33. The lowest BCUT2D eigenvalue weighted by Gasteiger charge is -2.43. The molecule has 0 bridgehead atoms. The molecule has 0 fully saturated rings. The van der Waals surface area contributed by atoms with E-state index in [0.29, 0.717) is 17.8 Å². The van der Waals surface area contributed by atoms with Crippen LogP contribution in [0.25, 0.3) is 0 Å². The molecule has 0 spiro atoms. The Balaban J connectivity index is 2.22. The van der Waals surface area contributed by atoms with Gasteiger partial charge in [-0.3, -0.25) is 4.79 Å². The van der Waals surface area contributed by atoms with Crippen LogP contribution < -0.4 is 0 Å². The van der Waals surface area contributed by atoms with Crippen LogP contribution in [0.2, 0.25) is 0 Å². The fraction of sp³-hybridized carbons (Fsp3) is 0.652. The van der Waals surface area contributed by atoms with Gasteiger partial charge in [0.2, 0.25) is 0 Å². The highest BCUT2D eigenvalue weighted by Crippen LogP contribution is 2.45. The minimum atomic E-state index is -0.910. The number of hydrogen-bond acceptors (Lipinski definition) is 3. The molecule has 0 saturated carbocycles. The number of ether oxygens (including phenoxy) is 1. The number of fused-ring (bicyclic) bond motifs is 1. The zero-order chi connectivity index (χ0) is 20.2. The molecule has 5 atom stereocenters. The Hall–Kier alpha value is -1.84. The van der Waals surface area contributed by atoms with Gasteiger partial charge >= 0.3 is 11.9 Å². The number of aliphatic carboxylic acids is 1. The average molecular weight is 375 g/mol. The first-order chi connectivity index (χ1) is 12.7. The van der Waals surface area contributed by atoms with Crippen LogP contribution in [0.4, 0.5) is 0 Å². The Kier molecular flexibility index (Phi) is 7.07. The molecular weight excluding hydrogens is 340 g/mol. The van der Waals surface area contributed by atoms with E-state index < -0.39 is 11.4 Å². The Labute approximate surface area is 163 Å². The first-order valence-corrected chi connectivity index (χ1v) is 10.2. The fourth-order valence-electron chi connectivity index (χ4n) is 4.14. The van der Waals surface area contributed by atoms with Crippen LogP contribution in [0.1, 0.15) is 60.3 Å². The summed E-state index contributed by atoms with van der Waals surface area (Å²) in [6, 6.07) is 0. The molecule has 0 aliphatic heterocycles. The van der Waals surface area contributed by atoms with Gasteiger partial charge in [-0.05, 0) is 62.9 Å². The van der Waals surface area contributed by atoms with Gasteiger partial charge < -0.3 is 9.84 Å². The molecule has 0 heterocycles. The number of hydrogen-bond donors (Lipinski definition) is 1. The highest BCUT2D eigenvalue weighted by atomic mass is 16.5. The summed E-state index contributed by atoms with van der Waals surface area (Å²) in [6.45, 7) is 10.3. The van der Waals surface area contributed by atoms with Crippen molar-refractivity contribution >= 4 is 11.9 Å². The van der Waals surface area contributed by atoms with E-state index >= 15 is 0 Å². The molecule has 0 aromatic rings. The number of allylic oxidation sites excluding steroid dienone is 4. The molecule has 4 heteroatoms. The molecule has 2 aliphatic rings. The molecule has 2 rings (SSSR count). The average Bonchev–Trinajstić information content (AvgIpc) is 2.59. The van der Waals surface area contributed by atoms with Gasteiger partial charge in [0, 0.05) is 12.0 Å². The van der Waals surface area contributed by atoms with E-state index in [1.54, 1.807) is 6.08 Å². The van der Waals surface area contributed by atoms with E-state index in [9.17, 15) is 9.59 Å². The van der Waals surface area contributed by atoms with Crippen molar-refractivity contribution in [1.82, 2.24) is 0 Å². The quantitative estimate of drug-likeness (QED) is 0.494. The van der Waals surface area contributed by atoms with Crippen molar-refractivity contribution in [2.75, 3.05) is 0 Å². The monoisotopic (exact) mass is 374 g/mol. The van der Waals surface area contributed by atoms with Gasteiger partial charge in [-0.2, -0.15) is 0 Å². The highest BCUT2D eigenvalue weighted by Gasteiger charge is 2.42. The number of carboxylic acid groups (broad SMARTS) is 1. The lowest BCUT2D eigenvalue weighted by molar-refractivity contribution is -0.164. The standard InChI is InChI=1S/C23H34O4/c1-6-23(4,5)22(26)27-19-14-15(2)13-17-12-11-16(3)18(21(17)19)9-7-8-10-20(24)25/h8,10-13,15-16,18-19,21H,6-7,9,14H2,1-5H3,(H,24,25)/b10-8+/t15-,16-,18-,19-,21-/m0/s1. The largest absolute Gasteiger partial charge is 0.478 e. The number of carbonyl (C=O) groups excluding carboxylic acids is 1. The molecule has 27 heavy (non-hydrogen) atoms. The zero-order valence-corrected chi connectivity index (χ0v) is 17.3. The van der Waals surface area contributed by atoms with Crippen LogP contribution in [0.15, 0.2) is 36.0 Å². The molecule has 0 aromatic carbocycles. The van der Waals surface area contributed by atoms with Crippen LogP contribution in [-0.2, 0) is 14.3 Å². The molecule has 4 nitrogen and oxygen atoms in total. The van der Waals surface area contributed by atoms with Gasteiger partial charge in [0.25, 0.3) is 0 Å². The first kappa shape index (κ1) is 21.5. The summed E-state index contributed by atoms with van der Waals surface area (Å²) < 4.78 is 6.08. The highest BCUT2D eigenvalue weighted by molar-refractivity contribution is 5.79. The number of carboxylic acids is 1. The van der Waals surface area contributed by atoms with E-state index in [0.717, 1.165) is 25.7 Å². The molecule has 0 unspecified atom stereocenters. The van der Waals surface area contributed by atoms with E-state index in [-0.39, 0.29) is 18.0 Å². The van der Waals surface area contributed by atoms with Crippen LogP contribution in [-0.4, -0.2) is 23.1 Å². The Morgan fingerprint density at radius 1 is 1.33 bits per heavy atom. The summed E-state index contributed by atoms with van der Waals surface area (Å²) in [4.78, 5) is 23.4. The van der Waals surface area contributed by atoms with E-state index in [4.69, 9.17) is 9.84 Å². The zero-order valence-electron chi connectivity index (χ0n) is 17.3. The summed E-state index contributed by atoms with van der Waals surface area (Å²) in [5, 5.41) is 8.80. The van der Waals surface area contributed by atoms with Gasteiger partial charge in [0.15, 0.2) is 0 Å². The number of esters is 1. The molecule has 0 amide bonds. The molecule has 150 valence electrons. The van der Waals surface area contributed by atoms with E-state index in [1.165, 1.54) is 11.6 Å². The van der Waals surface area contributed by atoms with Crippen LogP contribution in [0.3, 0.4) is 0 Å². The maximum absolute atomic E-state index is 12.7. The van der Waals surface area contributed by atoms with Gasteiger partial charge in [0.05, 0.1) is 5.41 Å². The molecule has 0 radical (unpaired) electrons. The second-order valence-corrected chi connectivity index (χ2v) is 8.79.